The van der Waals surface area contributed by atoms with E-state index in [1.54, 1.807) is 11.9 Å². The van der Waals surface area contributed by atoms with Crippen molar-refractivity contribution in [3.8, 4) is 5.75 Å². The first-order valence-corrected chi connectivity index (χ1v) is 10.0. The molecule has 2 heterocycles. The number of nitrogens with one attached hydrogen (secondary N) is 1. The Kier molecular flexibility index (Phi) is 7.59. The third-order valence-electron chi connectivity index (χ3n) is 5.07. The molecule has 26 heavy (non-hydrogen) atoms. The quantitative estimate of drug-likeness (QED) is 0.794. The van der Waals surface area contributed by atoms with Crippen molar-refractivity contribution in [3.63, 3.8) is 0 Å². The lowest BCUT2D eigenvalue weighted by Gasteiger charge is -2.36. The van der Waals surface area contributed by atoms with E-state index in [-0.39, 0.29) is 17.2 Å². The van der Waals surface area contributed by atoms with Crippen molar-refractivity contribution in [1.29, 1.82) is 0 Å². The number of carbonyl (C=O) groups is 1. The van der Waals surface area contributed by atoms with Crippen LogP contribution in [-0.2, 0) is 9.53 Å². The van der Waals surface area contributed by atoms with Crippen molar-refractivity contribution in [2.45, 2.75) is 33.6 Å². The van der Waals surface area contributed by atoms with E-state index in [9.17, 15) is 4.79 Å². The Labute approximate surface area is 162 Å². The molecular formula is C20H31ClN2O3. The van der Waals surface area contributed by atoms with Crippen LogP contribution in [0.1, 0.15) is 33.6 Å². The summed E-state index contributed by atoms with van der Waals surface area (Å²) in [6, 6.07) is 5.90. The Hall–Kier alpha value is -1.46. The van der Waals surface area contributed by atoms with Gasteiger partial charge in [-0.05, 0) is 31.0 Å². The number of hydrogen-bond acceptors (Lipinski definition) is 4. The summed E-state index contributed by atoms with van der Waals surface area (Å²) in [4.78, 5) is 14.0. The molecule has 0 aromatic heterocycles. The standard InChI is InChI=1S/C18H25ClN2O3.C2H6/c1-13-10-24-16-4-3-14(9-15(16)21(2)17(13)22)20-12-18(11-19)5-7-23-8-6-18;1-2/h3-4,9,13,20H,5-8,10-12H2,1-2H3;1-2H3. The van der Waals surface area contributed by atoms with Gasteiger partial charge in [-0.2, -0.15) is 0 Å². The molecule has 2 aliphatic heterocycles. The Morgan fingerprint density at radius 2 is 2.00 bits per heavy atom. The molecule has 1 atom stereocenters. The van der Waals surface area contributed by atoms with E-state index in [1.165, 1.54) is 0 Å². The first kappa shape index (κ1) is 20.8. The van der Waals surface area contributed by atoms with Crippen LogP contribution in [0.5, 0.6) is 5.75 Å². The van der Waals surface area contributed by atoms with E-state index < -0.39 is 0 Å². The van der Waals surface area contributed by atoms with Crippen LogP contribution in [0.3, 0.4) is 0 Å². The summed E-state index contributed by atoms with van der Waals surface area (Å²) in [7, 11) is 1.80. The Balaban J connectivity index is 0.00000117. The number of benzene rings is 1. The lowest BCUT2D eigenvalue weighted by Crippen LogP contribution is -2.37. The first-order valence-electron chi connectivity index (χ1n) is 9.47. The Morgan fingerprint density at radius 3 is 2.65 bits per heavy atom. The van der Waals surface area contributed by atoms with Crippen LogP contribution in [0.2, 0.25) is 0 Å². The van der Waals surface area contributed by atoms with Crippen LogP contribution < -0.4 is 15.0 Å². The third-order valence-corrected chi connectivity index (χ3v) is 5.63. The molecule has 1 aromatic rings. The highest BCUT2D eigenvalue weighted by Gasteiger charge is 2.32. The maximum absolute atomic E-state index is 12.3. The van der Waals surface area contributed by atoms with Gasteiger partial charge in [-0.15, -0.1) is 11.6 Å². The molecule has 2 aliphatic rings. The first-order chi connectivity index (χ1) is 12.5. The molecule has 0 aliphatic carbocycles. The molecule has 1 saturated heterocycles. The van der Waals surface area contributed by atoms with Gasteiger partial charge in [0.15, 0.2) is 0 Å². The number of amides is 1. The van der Waals surface area contributed by atoms with Crippen molar-refractivity contribution in [3.05, 3.63) is 18.2 Å². The summed E-state index contributed by atoms with van der Waals surface area (Å²) in [6.45, 7) is 8.63. The van der Waals surface area contributed by atoms with E-state index in [0.717, 1.165) is 49.7 Å². The molecule has 3 rings (SSSR count). The fourth-order valence-electron chi connectivity index (χ4n) is 3.20. The van der Waals surface area contributed by atoms with Crippen LogP contribution >= 0.6 is 11.6 Å². The van der Waals surface area contributed by atoms with Crippen molar-refractivity contribution in [2.24, 2.45) is 11.3 Å². The van der Waals surface area contributed by atoms with Gasteiger partial charge in [-0.1, -0.05) is 20.8 Å². The van der Waals surface area contributed by atoms with Gasteiger partial charge in [0.2, 0.25) is 5.91 Å². The number of carbonyl (C=O) groups excluding carboxylic acids is 1. The smallest absolute Gasteiger partial charge is 0.233 e. The van der Waals surface area contributed by atoms with Gasteiger partial charge in [0.05, 0.1) is 18.2 Å². The highest BCUT2D eigenvalue weighted by atomic mass is 35.5. The predicted molar refractivity (Wildman–Crippen MR) is 108 cm³/mol. The van der Waals surface area contributed by atoms with Gasteiger partial charge in [-0.3, -0.25) is 4.79 Å². The van der Waals surface area contributed by atoms with Crippen LogP contribution in [0.15, 0.2) is 18.2 Å². The SMILES string of the molecule is CC.CC1COc2ccc(NCC3(CCl)CCOCC3)cc2N(C)C1=O. The molecule has 0 bridgehead atoms. The highest BCUT2D eigenvalue weighted by molar-refractivity contribution is 6.18. The lowest BCUT2D eigenvalue weighted by molar-refractivity contribution is -0.122. The number of nitrogens with zero attached hydrogens (tertiary/aromatic N) is 1. The molecule has 1 unspecified atom stereocenters. The number of ether oxygens (including phenoxy) is 2. The van der Waals surface area contributed by atoms with Gasteiger partial charge >= 0.3 is 0 Å². The minimum absolute atomic E-state index is 0.0688. The summed E-state index contributed by atoms with van der Waals surface area (Å²) in [5, 5.41) is 3.49. The summed E-state index contributed by atoms with van der Waals surface area (Å²) >= 11 is 6.23. The number of rotatable bonds is 4. The molecule has 0 saturated carbocycles. The molecule has 0 radical (unpaired) electrons. The zero-order chi connectivity index (χ0) is 19.2. The van der Waals surface area contributed by atoms with Gasteiger partial charge < -0.3 is 19.7 Å². The average Bonchev–Trinajstić information content (AvgIpc) is 2.81. The largest absolute Gasteiger partial charge is 0.491 e. The Bertz CT molecular complexity index is 603. The molecule has 146 valence electrons. The molecule has 1 aromatic carbocycles. The molecule has 0 spiro atoms. The number of fused-ring (bicyclic) bond motifs is 1. The molecule has 1 amide bonds. The van der Waals surface area contributed by atoms with E-state index in [1.807, 2.05) is 39.0 Å². The molecule has 6 heteroatoms. The van der Waals surface area contributed by atoms with E-state index in [4.69, 9.17) is 21.1 Å². The number of hydrogen-bond donors (Lipinski definition) is 1. The second-order valence-corrected chi connectivity index (χ2v) is 7.16. The maximum atomic E-state index is 12.3. The zero-order valence-corrected chi connectivity index (χ0v) is 17.1. The maximum Gasteiger partial charge on any atom is 0.233 e. The van der Waals surface area contributed by atoms with Crippen molar-refractivity contribution in [2.75, 3.05) is 49.5 Å². The second kappa shape index (κ2) is 9.47. The van der Waals surface area contributed by atoms with E-state index in [0.29, 0.717) is 12.5 Å². The normalized spacial score (nSPS) is 21.7. The van der Waals surface area contributed by atoms with Crippen molar-refractivity contribution in [1.82, 2.24) is 0 Å². The number of halogens is 1. The Morgan fingerprint density at radius 1 is 1.31 bits per heavy atom. The van der Waals surface area contributed by atoms with Crippen LogP contribution in [0, 0.1) is 11.3 Å². The van der Waals surface area contributed by atoms with Gasteiger partial charge in [0.25, 0.3) is 0 Å². The minimum Gasteiger partial charge on any atom is -0.491 e. The molecule has 1 N–H and O–H groups in total. The van der Waals surface area contributed by atoms with E-state index in [2.05, 4.69) is 5.32 Å². The summed E-state index contributed by atoms with van der Waals surface area (Å²) in [6.07, 6.45) is 1.93. The van der Waals surface area contributed by atoms with Crippen LogP contribution in [0.4, 0.5) is 11.4 Å². The van der Waals surface area contributed by atoms with E-state index >= 15 is 0 Å². The topological polar surface area (TPSA) is 50.8 Å². The predicted octanol–water partition coefficient (Wildman–Crippen LogP) is 4.15. The van der Waals surface area contributed by atoms with Gasteiger partial charge in [0, 0.05) is 43.8 Å². The fourth-order valence-corrected chi connectivity index (χ4v) is 3.56. The number of anilines is 2. The van der Waals surface area contributed by atoms with Crippen LogP contribution in [-0.4, -0.2) is 45.2 Å². The second-order valence-electron chi connectivity index (χ2n) is 6.89. The monoisotopic (exact) mass is 382 g/mol. The van der Waals surface area contributed by atoms with Crippen molar-refractivity contribution < 1.29 is 14.3 Å². The summed E-state index contributed by atoms with van der Waals surface area (Å²) in [5.41, 5.74) is 1.85. The van der Waals surface area contributed by atoms with Gasteiger partial charge in [-0.25, -0.2) is 0 Å². The molecule has 1 fully saturated rings. The lowest BCUT2D eigenvalue weighted by atomic mass is 9.82. The van der Waals surface area contributed by atoms with Crippen molar-refractivity contribution >= 4 is 28.9 Å². The average molecular weight is 383 g/mol. The third kappa shape index (κ3) is 4.63. The fraction of sp³-hybridized carbons (Fsp3) is 0.650. The van der Waals surface area contributed by atoms with Gasteiger partial charge in [0.1, 0.15) is 5.75 Å². The molecule has 5 nitrogen and oxygen atoms in total. The zero-order valence-electron chi connectivity index (χ0n) is 16.3. The van der Waals surface area contributed by atoms with Crippen LogP contribution in [0.25, 0.3) is 0 Å². The minimum atomic E-state index is -0.138. The number of alkyl halides is 1. The summed E-state index contributed by atoms with van der Waals surface area (Å²) < 4.78 is 11.2. The molecular weight excluding hydrogens is 352 g/mol. The summed E-state index contributed by atoms with van der Waals surface area (Å²) in [5.74, 6) is 1.31. The highest BCUT2D eigenvalue weighted by Crippen LogP contribution is 2.36.